The minimum Gasteiger partial charge on any atom is -0.299 e. The van der Waals surface area contributed by atoms with Crippen LogP contribution in [0.15, 0.2) is 54.6 Å². The van der Waals surface area contributed by atoms with Crippen molar-refractivity contribution in [3.05, 3.63) is 71.3 Å². The molecular weight excluding hydrogens is 280 g/mol. The van der Waals surface area contributed by atoms with E-state index >= 15 is 0 Å². The molecule has 1 saturated carbocycles. The van der Waals surface area contributed by atoms with E-state index in [0.29, 0.717) is 17.6 Å². The highest BCUT2D eigenvalue weighted by Gasteiger charge is 2.48. The second-order valence-electron chi connectivity index (χ2n) is 7.87. The van der Waals surface area contributed by atoms with Crippen LogP contribution < -0.4 is 0 Å². The number of hydrogen-bond acceptors (Lipinski definition) is 1. The lowest BCUT2D eigenvalue weighted by molar-refractivity contribution is -0.129. The second kappa shape index (κ2) is 5.33. The Morgan fingerprint density at radius 1 is 0.913 bits per heavy atom. The summed E-state index contributed by atoms with van der Waals surface area (Å²) in [6.45, 7) is 4.69. The van der Waals surface area contributed by atoms with E-state index < -0.39 is 0 Å². The Morgan fingerprint density at radius 3 is 2.30 bits per heavy atom. The largest absolute Gasteiger partial charge is 0.299 e. The average molecular weight is 304 g/mol. The molecule has 0 bridgehead atoms. The fourth-order valence-corrected chi connectivity index (χ4v) is 4.92. The van der Waals surface area contributed by atoms with Gasteiger partial charge in [0.2, 0.25) is 0 Å². The van der Waals surface area contributed by atoms with Gasteiger partial charge in [0.15, 0.2) is 0 Å². The van der Waals surface area contributed by atoms with E-state index in [4.69, 9.17) is 0 Å². The Bertz CT molecular complexity index is 729. The number of carbonyl (C=O) groups excluding carboxylic acids is 1. The first-order valence-corrected chi connectivity index (χ1v) is 8.74. The highest BCUT2D eigenvalue weighted by molar-refractivity contribution is 5.84. The summed E-state index contributed by atoms with van der Waals surface area (Å²) in [5.74, 6) is 1.38. The molecule has 2 aromatic carbocycles. The molecule has 3 atom stereocenters. The molecule has 0 aliphatic heterocycles. The molecule has 0 radical (unpaired) electrons. The van der Waals surface area contributed by atoms with Crippen molar-refractivity contribution >= 4 is 5.78 Å². The molecule has 2 aromatic rings. The van der Waals surface area contributed by atoms with Gasteiger partial charge in [0.1, 0.15) is 5.78 Å². The standard InChI is InChI=1S/C22H24O/c1-22(2)13-12-20(23)19-14-18(15-8-4-3-5-9-15)16-10-6-7-11-17(16)21(19)22/h3-11,18-19,21H,12-14H2,1-2H3/t18?,19-,21+/m0/s1. The molecule has 1 heteroatoms. The quantitative estimate of drug-likeness (QED) is 0.697. The summed E-state index contributed by atoms with van der Waals surface area (Å²) in [4.78, 5) is 12.7. The van der Waals surface area contributed by atoms with Crippen molar-refractivity contribution in [3.63, 3.8) is 0 Å². The normalized spacial score (nSPS) is 28.8. The zero-order chi connectivity index (χ0) is 16.0. The number of ketones is 1. The summed E-state index contributed by atoms with van der Waals surface area (Å²) in [7, 11) is 0. The smallest absolute Gasteiger partial charge is 0.136 e. The predicted octanol–water partition coefficient (Wildman–Crippen LogP) is 5.31. The summed E-state index contributed by atoms with van der Waals surface area (Å²) in [5.41, 5.74) is 4.39. The van der Waals surface area contributed by atoms with E-state index in [0.717, 1.165) is 19.3 Å². The van der Waals surface area contributed by atoms with Gasteiger partial charge in [0.05, 0.1) is 0 Å². The maximum absolute atomic E-state index is 12.7. The van der Waals surface area contributed by atoms with Crippen LogP contribution in [-0.2, 0) is 4.79 Å². The third-order valence-corrected chi connectivity index (χ3v) is 6.07. The minimum absolute atomic E-state index is 0.179. The minimum atomic E-state index is 0.179. The van der Waals surface area contributed by atoms with Gasteiger partial charge >= 0.3 is 0 Å². The first kappa shape index (κ1) is 14.7. The number of rotatable bonds is 1. The first-order chi connectivity index (χ1) is 11.1. The van der Waals surface area contributed by atoms with Gasteiger partial charge in [-0.3, -0.25) is 4.79 Å². The van der Waals surface area contributed by atoms with Crippen LogP contribution in [0.1, 0.15) is 61.6 Å². The molecule has 0 heterocycles. The molecule has 0 saturated heterocycles. The summed E-state index contributed by atoms with van der Waals surface area (Å²) in [6, 6.07) is 19.5. The Balaban J connectivity index is 1.88. The molecule has 0 amide bonds. The van der Waals surface area contributed by atoms with Crippen molar-refractivity contribution in [2.45, 2.75) is 44.9 Å². The fourth-order valence-electron chi connectivity index (χ4n) is 4.92. The van der Waals surface area contributed by atoms with Crippen LogP contribution in [-0.4, -0.2) is 5.78 Å². The van der Waals surface area contributed by atoms with Crippen LogP contribution in [0.5, 0.6) is 0 Å². The van der Waals surface area contributed by atoms with Crippen LogP contribution >= 0.6 is 0 Å². The predicted molar refractivity (Wildman–Crippen MR) is 93.6 cm³/mol. The molecule has 0 spiro atoms. The van der Waals surface area contributed by atoms with Crippen molar-refractivity contribution in [2.24, 2.45) is 11.3 Å². The molecule has 1 unspecified atom stereocenters. The summed E-state index contributed by atoms with van der Waals surface area (Å²) >= 11 is 0. The monoisotopic (exact) mass is 304 g/mol. The maximum atomic E-state index is 12.7. The molecule has 0 aromatic heterocycles. The Kier molecular flexibility index (Phi) is 3.41. The summed E-state index contributed by atoms with van der Waals surface area (Å²) in [6.07, 6.45) is 2.73. The fraction of sp³-hybridized carbons (Fsp3) is 0.409. The first-order valence-electron chi connectivity index (χ1n) is 8.74. The van der Waals surface area contributed by atoms with Gasteiger partial charge in [0.25, 0.3) is 0 Å². The number of fused-ring (bicyclic) bond motifs is 3. The Labute approximate surface area is 138 Å². The number of Topliss-reactive ketones (excluding diaryl/α,β-unsaturated/α-hetero) is 1. The highest BCUT2D eigenvalue weighted by atomic mass is 16.1. The lowest BCUT2D eigenvalue weighted by Gasteiger charge is -2.48. The van der Waals surface area contributed by atoms with E-state index in [1.807, 2.05) is 0 Å². The van der Waals surface area contributed by atoms with Gasteiger partial charge in [-0.25, -0.2) is 0 Å². The van der Waals surface area contributed by atoms with Gasteiger partial charge in [-0.2, -0.15) is 0 Å². The second-order valence-corrected chi connectivity index (χ2v) is 7.87. The number of hydrogen-bond donors (Lipinski definition) is 0. The van der Waals surface area contributed by atoms with Crippen LogP contribution in [0.25, 0.3) is 0 Å². The maximum Gasteiger partial charge on any atom is 0.136 e. The van der Waals surface area contributed by atoms with E-state index in [1.54, 1.807) is 0 Å². The van der Waals surface area contributed by atoms with E-state index in [1.165, 1.54) is 16.7 Å². The average Bonchev–Trinajstić information content (AvgIpc) is 2.58. The van der Waals surface area contributed by atoms with Crippen LogP contribution in [0.4, 0.5) is 0 Å². The molecule has 2 aliphatic carbocycles. The Hall–Kier alpha value is -1.89. The van der Waals surface area contributed by atoms with Gasteiger partial charge < -0.3 is 0 Å². The van der Waals surface area contributed by atoms with Gasteiger partial charge in [-0.15, -0.1) is 0 Å². The third-order valence-electron chi connectivity index (χ3n) is 6.07. The van der Waals surface area contributed by atoms with Crippen LogP contribution in [0, 0.1) is 11.3 Å². The van der Waals surface area contributed by atoms with Crippen molar-refractivity contribution in [1.29, 1.82) is 0 Å². The summed E-state index contributed by atoms with van der Waals surface area (Å²) in [5, 5.41) is 0. The highest BCUT2D eigenvalue weighted by Crippen LogP contribution is 2.56. The van der Waals surface area contributed by atoms with Crippen molar-refractivity contribution in [2.75, 3.05) is 0 Å². The number of carbonyl (C=O) groups is 1. The lowest BCUT2D eigenvalue weighted by Crippen LogP contribution is -2.42. The van der Waals surface area contributed by atoms with Crippen molar-refractivity contribution in [1.82, 2.24) is 0 Å². The van der Waals surface area contributed by atoms with E-state index in [-0.39, 0.29) is 11.3 Å². The summed E-state index contributed by atoms with van der Waals surface area (Å²) < 4.78 is 0. The zero-order valence-corrected chi connectivity index (χ0v) is 14.0. The molecular formula is C22H24O. The Morgan fingerprint density at radius 2 is 1.57 bits per heavy atom. The molecule has 118 valence electrons. The third kappa shape index (κ3) is 2.34. The van der Waals surface area contributed by atoms with Crippen LogP contribution in [0.2, 0.25) is 0 Å². The van der Waals surface area contributed by atoms with Gasteiger partial charge in [0, 0.05) is 18.3 Å². The molecule has 1 fully saturated rings. The van der Waals surface area contributed by atoms with Crippen molar-refractivity contribution in [3.8, 4) is 0 Å². The van der Waals surface area contributed by atoms with E-state index in [2.05, 4.69) is 68.4 Å². The molecule has 4 rings (SSSR count). The molecule has 1 nitrogen and oxygen atoms in total. The number of benzene rings is 2. The van der Waals surface area contributed by atoms with Gasteiger partial charge in [-0.1, -0.05) is 68.4 Å². The SMILES string of the molecule is CC1(C)CCC(=O)[C@@H]2CC(c3ccccc3)c3ccccc3[C@H]21. The molecule has 2 aliphatic rings. The molecule has 23 heavy (non-hydrogen) atoms. The zero-order valence-electron chi connectivity index (χ0n) is 14.0. The van der Waals surface area contributed by atoms with E-state index in [9.17, 15) is 4.79 Å². The van der Waals surface area contributed by atoms with Crippen LogP contribution in [0.3, 0.4) is 0 Å². The van der Waals surface area contributed by atoms with Gasteiger partial charge in [-0.05, 0) is 40.9 Å². The van der Waals surface area contributed by atoms with Crippen molar-refractivity contribution < 1.29 is 4.79 Å². The lowest BCUT2D eigenvalue weighted by atomic mass is 9.54. The topological polar surface area (TPSA) is 17.1 Å². The molecule has 0 N–H and O–H groups in total.